The molecule has 1 aromatic heterocycles. The number of aromatic nitrogens is 2. The molecule has 0 bridgehead atoms. The number of hydrogen-bond donors (Lipinski definition) is 0. The lowest BCUT2D eigenvalue weighted by Gasteiger charge is -2.01. The summed E-state index contributed by atoms with van der Waals surface area (Å²) in [4.78, 5) is 12.0. The second kappa shape index (κ2) is 4.04. The molecule has 0 radical (unpaired) electrons. The van der Waals surface area contributed by atoms with E-state index in [1.165, 1.54) is 5.56 Å². The van der Waals surface area contributed by atoms with Crippen LogP contribution in [0, 0.1) is 17.8 Å². The highest BCUT2D eigenvalue weighted by atomic mass is 16.1. The van der Waals surface area contributed by atoms with Gasteiger partial charge in [0, 0.05) is 31.0 Å². The van der Waals surface area contributed by atoms with Gasteiger partial charge in [0.25, 0.3) is 0 Å². The quantitative estimate of drug-likeness (QED) is 0.781. The molecule has 0 amide bonds. The molecule has 3 nitrogen and oxygen atoms in total. The van der Waals surface area contributed by atoms with Crippen molar-refractivity contribution in [3.8, 4) is 0 Å². The standard InChI is InChI=1S/C13H20N2O/c1-5-10-11(9-6-14-15(4)7-9)12(10)13(16)8(2)3/h6-8,10-12H,5H2,1-4H3. The molecule has 1 aliphatic rings. The van der Waals surface area contributed by atoms with E-state index >= 15 is 0 Å². The zero-order chi connectivity index (χ0) is 11.9. The zero-order valence-corrected chi connectivity index (χ0v) is 10.5. The van der Waals surface area contributed by atoms with Crippen molar-refractivity contribution in [3.05, 3.63) is 18.0 Å². The van der Waals surface area contributed by atoms with Gasteiger partial charge in [-0.25, -0.2) is 0 Å². The normalized spacial score (nSPS) is 28.4. The van der Waals surface area contributed by atoms with E-state index in [2.05, 4.69) is 12.0 Å². The summed E-state index contributed by atoms with van der Waals surface area (Å²) in [5, 5.41) is 4.19. The van der Waals surface area contributed by atoms with Crippen LogP contribution in [0.5, 0.6) is 0 Å². The largest absolute Gasteiger partial charge is 0.299 e. The molecule has 16 heavy (non-hydrogen) atoms. The number of carbonyl (C=O) groups excluding carboxylic acids is 1. The van der Waals surface area contributed by atoms with E-state index in [1.807, 2.05) is 38.0 Å². The van der Waals surface area contributed by atoms with Gasteiger partial charge < -0.3 is 0 Å². The fourth-order valence-electron chi connectivity index (χ4n) is 2.72. The summed E-state index contributed by atoms with van der Waals surface area (Å²) >= 11 is 0. The third-order valence-corrected chi connectivity index (χ3v) is 3.65. The Bertz CT molecular complexity index is 394. The van der Waals surface area contributed by atoms with Gasteiger partial charge in [-0.2, -0.15) is 5.10 Å². The topological polar surface area (TPSA) is 34.9 Å². The van der Waals surface area contributed by atoms with Crippen molar-refractivity contribution in [1.82, 2.24) is 9.78 Å². The lowest BCUT2D eigenvalue weighted by Crippen LogP contribution is -2.11. The van der Waals surface area contributed by atoms with Crippen LogP contribution in [0.1, 0.15) is 38.7 Å². The summed E-state index contributed by atoms with van der Waals surface area (Å²) in [6, 6.07) is 0. The van der Waals surface area contributed by atoms with E-state index in [4.69, 9.17) is 0 Å². The molecule has 3 heteroatoms. The van der Waals surface area contributed by atoms with Crippen molar-refractivity contribution in [2.45, 2.75) is 33.1 Å². The predicted octanol–water partition coefficient (Wildman–Crippen LogP) is 2.38. The summed E-state index contributed by atoms with van der Waals surface area (Å²) in [5.41, 5.74) is 1.23. The van der Waals surface area contributed by atoms with Crippen molar-refractivity contribution in [2.24, 2.45) is 24.8 Å². The van der Waals surface area contributed by atoms with Crippen molar-refractivity contribution in [1.29, 1.82) is 0 Å². The Morgan fingerprint density at radius 3 is 2.69 bits per heavy atom. The maximum atomic E-state index is 12.0. The van der Waals surface area contributed by atoms with Crippen molar-refractivity contribution in [2.75, 3.05) is 0 Å². The minimum Gasteiger partial charge on any atom is -0.299 e. The number of hydrogen-bond acceptors (Lipinski definition) is 2. The number of carbonyl (C=O) groups is 1. The van der Waals surface area contributed by atoms with Crippen LogP contribution in [-0.4, -0.2) is 15.6 Å². The van der Waals surface area contributed by atoms with Gasteiger partial charge in [-0.1, -0.05) is 27.2 Å². The highest BCUT2D eigenvalue weighted by Gasteiger charge is 2.54. The van der Waals surface area contributed by atoms with Crippen molar-refractivity contribution >= 4 is 5.78 Å². The Balaban J connectivity index is 2.15. The van der Waals surface area contributed by atoms with Gasteiger partial charge in [0.15, 0.2) is 0 Å². The minimum atomic E-state index is 0.153. The summed E-state index contributed by atoms with van der Waals surface area (Å²) in [5.74, 6) is 1.78. The van der Waals surface area contributed by atoms with Gasteiger partial charge in [-0.05, 0) is 11.5 Å². The van der Waals surface area contributed by atoms with Crippen LogP contribution >= 0.6 is 0 Å². The molecule has 88 valence electrons. The predicted molar refractivity (Wildman–Crippen MR) is 63.1 cm³/mol. The first-order valence-corrected chi connectivity index (χ1v) is 6.08. The van der Waals surface area contributed by atoms with E-state index in [0.29, 0.717) is 17.6 Å². The Hall–Kier alpha value is -1.12. The van der Waals surface area contributed by atoms with Gasteiger partial charge in [-0.15, -0.1) is 0 Å². The minimum absolute atomic E-state index is 0.153. The molecule has 0 spiro atoms. The van der Waals surface area contributed by atoms with E-state index < -0.39 is 0 Å². The van der Waals surface area contributed by atoms with Gasteiger partial charge in [0.05, 0.1) is 6.20 Å². The highest BCUT2D eigenvalue weighted by molar-refractivity contribution is 5.87. The van der Waals surface area contributed by atoms with Crippen LogP contribution in [0.3, 0.4) is 0 Å². The number of Topliss-reactive ketones (excluding diaryl/α,β-unsaturated/α-hetero) is 1. The van der Waals surface area contributed by atoms with E-state index in [0.717, 1.165) is 6.42 Å². The second-order valence-corrected chi connectivity index (χ2v) is 5.13. The van der Waals surface area contributed by atoms with Gasteiger partial charge in [0.1, 0.15) is 5.78 Å². The first-order valence-electron chi connectivity index (χ1n) is 6.08. The average molecular weight is 220 g/mol. The molecule has 1 fully saturated rings. The molecule has 1 aliphatic carbocycles. The molecule has 0 aliphatic heterocycles. The summed E-state index contributed by atoms with van der Waals surface area (Å²) in [6.07, 6.45) is 5.03. The average Bonchev–Trinajstić information content (AvgIpc) is 2.83. The highest BCUT2D eigenvalue weighted by Crippen LogP contribution is 2.56. The summed E-state index contributed by atoms with van der Waals surface area (Å²) < 4.78 is 1.82. The van der Waals surface area contributed by atoms with Crippen LogP contribution in [0.15, 0.2) is 12.4 Å². The SMILES string of the molecule is CCC1C(C(=O)C(C)C)C1c1cnn(C)c1. The fourth-order valence-corrected chi connectivity index (χ4v) is 2.72. The molecule has 3 atom stereocenters. The molecule has 0 saturated heterocycles. The third-order valence-electron chi connectivity index (χ3n) is 3.65. The first kappa shape index (κ1) is 11.4. The van der Waals surface area contributed by atoms with E-state index in [-0.39, 0.29) is 11.8 Å². The molecule has 2 rings (SSSR count). The molecule has 3 unspecified atom stereocenters. The van der Waals surface area contributed by atoms with Crippen molar-refractivity contribution in [3.63, 3.8) is 0 Å². The number of rotatable bonds is 4. The first-order chi connectivity index (χ1) is 7.56. The molecule has 0 N–H and O–H groups in total. The van der Waals surface area contributed by atoms with Gasteiger partial charge in [-0.3, -0.25) is 9.48 Å². The maximum Gasteiger partial charge on any atom is 0.139 e. The van der Waals surface area contributed by atoms with E-state index in [9.17, 15) is 4.79 Å². The smallest absolute Gasteiger partial charge is 0.139 e. The Morgan fingerprint density at radius 2 is 2.25 bits per heavy atom. The molecule has 1 heterocycles. The third kappa shape index (κ3) is 1.79. The molecular formula is C13H20N2O. The summed E-state index contributed by atoms with van der Waals surface area (Å²) in [6.45, 7) is 6.16. The molecule has 1 aromatic rings. The van der Waals surface area contributed by atoms with Crippen LogP contribution in [0.2, 0.25) is 0 Å². The second-order valence-electron chi connectivity index (χ2n) is 5.13. The monoisotopic (exact) mass is 220 g/mol. The lowest BCUT2D eigenvalue weighted by molar-refractivity contribution is -0.123. The lowest BCUT2D eigenvalue weighted by atomic mass is 10.0. The number of ketones is 1. The number of aryl methyl sites for hydroxylation is 1. The molecule has 1 saturated carbocycles. The van der Waals surface area contributed by atoms with Crippen LogP contribution in [0.4, 0.5) is 0 Å². The molecular weight excluding hydrogens is 200 g/mol. The van der Waals surface area contributed by atoms with Gasteiger partial charge in [0.2, 0.25) is 0 Å². The van der Waals surface area contributed by atoms with E-state index in [1.54, 1.807) is 0 Å². The maximum absolute atomic E-state index is 12.0. The van der Waals surface area contributed by atoms with Gasteiger partial charge >= 0.3 is 0 Å². The van der Waals surface area contributed by atoms with Crippen molar-refractivity contribution < 1.29 is 4.79 Å². The Morgan fingerprint density at radius 1 is 1.56 bits per heavy atom. The Labute approximate surface area is 96.8 Å². The number of nitrogens with zero attached hydrogens (tertiary/aromatic N) is 2. The van der Waals surface area contributed by atoms with Crippen LogP contribution < -0.4 is 0 Å². The van der Waals surface area contributed by atoms with Crippen LogP contribution in [0.25, 0.3) is 0 Å². The fraction of sp³-hybridized carbons (Fsp3) is 0.692. The van der Waals surface area contributed by atoms with Crippen LogP contribution in [-0.2, 0) is 11.8 Å². The Kier molecular flexibility index (Phi) is 2.87. The summed E-state index contributed by atoms with van der Waals surface area (Å²) in [7, 11) is 1.92. The molecule has 0 aromatic carbocycles. The zero-order valence-electron chi connectivity index (χ0n) is 10.5.